The molecule has 19 heavy (non-hydrogen) atoms. The van der Waals surface area contributed by atoms with Gasteiger partial charge in [-0.1, -0.05) is 17.7 Å². The number of rotatable bonds is 3. The first-order chi connectivity index (χ1) is 9.04. The van der Waals surface area contributed by atoms with Gasteiger partial charge in [0.25, 0.3) is 10.0 Å². The van der Waals surface area contributed by atoms with E-state index in [0.717, 1.165) is 9.54 Å². The zero-order valence-electron chi connectivity index (χ0n) is 10.3. The maximum Gasteiger partial charge on any atom is 0.267 e. The fourth-order valence-corrected chi connectivity index (χ4v) is 2.81. The molecule has 0 fully saturated rings. The third kappa shape index (κ3) is 2.75. The summed E-state index contributed by atoms with van der Waals surface area (Å²) >= 11 is 0. The van der Waals surface area contributed by atoms with Gasteiger partial charge in [-0.15, -0.1) is 0 Å². The van der Waals surface area contributed by atoms with Crippen molar-refractivity contribution in [2.75, 3.05) is 0 Å². The van der Waals surface area contributed by atoms with Gasteiger partial charge in [-0.05, 0) is 36.8 Å². The molecule has 4 nitrogen and oxygen atoms in total. The number of hydrogen-bond donors (Lipinski definition) is 0. The van der Waals surface area contributed by atoms with Crippen LogP contribution in [0.15, 0.2) is 53.7 Å². The quantitative estimate of drug-likeness (QED) is 0.807. The Labute approximate surface area is 112 Å². The first-order valence-electron chi connectivity index (χ1n) is 5.60. The minimum absolute atomic E-state index is 0.240. The molecule has 1 aromatic heterocycles. The summed E-state index contributed by atoms with van der Waals surface area (Å²) in [6, 6.07) is 10.2. The number of aryl methyl sites for hydroxylation is 1. The lowest BCUT2D eigenvalue weighted by atomic mass is 10.2. The van der Waals surface area contributed by atoms with Crippen molar-refractivity contribution in [1.82, 2.24) is 3.97 Å². The summed E-state index contributed by atoms with van der Waals surface area (Å²) in [5.74, 6) is 0. The van der Waals surface area contributed by atoms with Crippen molar-refractivity contribution in [2.24, 2.45) is 0 Å². The molecule has 5 heteroatoms. The highest BCUT2D eigenvalue weighted by Crippen LogP contribution is 2.16. The van der Waals surface area contributed by atoms with Crippen molar-refractivity contribution in [3.8, 4) is 6.07 Å². The molecule has 0 aliphatic carbocycles. The average molecular weight is 272 g/mol. The minimum Gasteiger partial charge on any atom is -0.248 e. The second-order valence-corrected chi connectivity index (χ2v) is 5.90. The monoisotopic (exact) mass is 272 g/mol. The smallest absolute Gasteiger partial charge is 0.248 e. The molecule has 2 aromatic rings. The third-order valence-electron chi connectivity index (χ3n) is 2.64. The van der Waals surface area contributed by atoms with Gasteiger partial charge in [0.2, 0.25) is 0 Å². The van der Waals surface area contributed by atoms with Crippen LogP contribution in [0.2, 0.25) is 0 Å². The van der Waals surface area contributed by atoms with Crippen LogP contribution in [0.4, 0.5) is 0 Å². The molecule has 0 N–H and O–H groups in total. The second kappa shape index (κ2) is 5.12. The largest absolute Gasteiger partial charge is 0.267 e. The second-order valence-electron chi connectivity index (χ2n) is 4.06. The van der Waals surface area contributed by atoms with Crippen molar-refractivity contribution in [1.29, 1.82) is 5.26 Å². The molecule has 1 heterocycles. The lowest BCUT2D eigenvalue weighted by Gasteiger charge is -2.05. The van der Waals surface area contributed by atoms with Crippen LogP contribution in [-0.4, -0.2) is 12.4 Å². The van der Waals surface area contributed by atoms with Crippen LogP contribution in [-0.2, 0) is 10.0 Å². The Morgan fingerprint density at radius 1 is 1.21 bits per heavy atom. The highest BCUT2D eigenvalue weighted by molar-refractivity contribution is 7.90. The van der Waals surface area contributed by atoms with Crippen LogP contribution < -0.4 is 0 Å². The van der Waals surface area contributed by atoms with Gasteiger partial charge in [0.15, 0.2) is 0 Å². The normalized spacial score (nSPS) is 11.6. The molecule has 0 atom stereocenters. The average Bonchev–Trinajstić information content (AvgIpc) is 2.86. The molecule has 0 saturated heterocycles. The van der Waals surface area contributed by atoms with Crippen molar-refractivity contribution in [2.45, 2.75) is 11.8 Å². The molecule has 0 spiro atoms. The van der Waals surface area contributed by atoms with Gasteiger partial charge in [0.05, 0.1) is 11.0 Å². The molecule has 0 aliphatic heterocycles. The summed E-state index contributed by atoms with van der Waals surface area (Å²) in [5, 5.41) is 8.44. The summed E-state index contributed by atoms with van der Waals surface area (Å²) in [6.45, 7) is 1.90. The molecule has 96 valence electrons. The van der Waals surface area contributed by atoms with Crippen LogP contribution in [0.25, 0.3) is 6.08 Å². The van der Waals surface area contributed by atoms with E-state index >= 15 is 0 Å². The van der Waals surface area contributed by atoms with E-state index in [0.29, 0.717) is 5.56 Å². The van der Waals surface area contributed by atoms with E-state index in [1.165, 1.54) is 18.5 Å². The van der Waals surface area contributed by atoms with Gasteiger partial charge >= 0.3 is 0 Å². The maximum absolute atomic E-state index is 12.3. The Kier molecular flexibility index (Phi) is 3.54. The van der Waals surface area contributed by atoms with Gasteiger partial charge < -0.3 is 0 Å². The van der Waals surface area contributed by atoms with Crippen molar-refractivity contribution in [3.05, 3.63) is 59.9 Å². The van der Waals surface area contributed by atoms with E-state index in [1.54, 1.807) is 36.4 Å². The fourth-order valence-electron chi connectivity index (χ4n) is 1.61. The molecular formula is C14H12N2O2S. The van der Waals surface area contributed by atoms with Crippen LogP contribution >= 0.6 is 0 Å². The van der Waals surface area contributed by atoms with Crippen molar-refractivity contribution in [3.63, 3.8) is 0 Å². The van der Waals surface area contributed by atoms with E-state index in [9.17, 15) is 8.42 Å². The van der Waals surface area contributed by atoms with Gasteiger partial charge in [0.1, 0.15) is 0 Å². The molecule has 0 unspecified atom stereocenters. The number of hydrogen-bond acceptors (Lipinski definition) is 3. The van der Waals surface area contributed by atoms with Gasteiger partial charge in [-0.25, -0.2) is 12.4 Å². The summed E-state index contributed by atoms with van der Waals surface area (Å²) in [5.41, 5.74) is 1.67. The topological polar surface area (TPSA) is 62.9 Å². The number of nitrogens with zero attached hydrogens (tertiary/aromatic N) is 2. The first-order valence-corrected chi connectivity index (χ1v) is 7.04. The first kappa shape index (κ1) is 13.1. The van der Waals surface area contributed by atoms with E-state index < -0.39 is 10.0 Å². The summed E-state index contributed by atoms with van der Waals surface area (Å²) in [7, 11) is -3.56. The Morgan fingerprint density at radius 2 is 1.89 bits per heavy atom. The van der Waals surface area contributed by atoms with Crippen LogP contribution in [0.1, 0.15) is 11.1 Å². The highest BCUT2D eigenvalue weighted by Gasteiger charge is 2.15. The van der Waals surface area contributed by atoms with E-state index in [2.05, 4.69) is 0 Å². The van der Waals surface area contributed by atoms with Crippen molar-refractivity contribution >= 4 is 16.1 Å². The summed E-state index contributed by atoms with van der Waals surface area (Å²) in [6.07, 6.45) is 5.80. The molecule has 0 aliphatic rings. The fraction of sp³-hybridized carbons (Fsp3) is 0.0714. The molecular weight excluding hydrogens is 260 g/mol. The van der Waals surface area contributed by atoms with Crippen LogP contribution in [0.3, 0.4) is 0 Å². The van der Waals surface area contributed by atoms with E-state index in [-0.39, 0.29) is 4.90 Å². The number of allylic oxidation sites excluding steroid dienone is 1. The Hall–Kier alpha value is -2.32. The number of aromatic nitrogens is 1. The molecule has 2 rings (SSSR count). The maximum atomic E-state index is 12.3. The molecule has 0 bridgehead atoms. The van der Waals surface area contributed by atoms with Crippen molar-refractivity contribution < 1.29 is 8.42 Å². The molecule has 0 saturated carbocycles. The molecule has 0 amide bonds. The summed E-state index contributed by atoms with van der Waals surface area (Å²) in [4.78, 5) is 0.240. The Bertz CT molecular complexity index is 747. The summed E-state index contributed by atoms with van der Waals surface area (Å²) < 4.78 is 25.8. The predicted octanol–water partition coefficient (Wildman–Crippen LogP) is 2.57. The van der Waals surface area contributed by atoms with Crippen LogP contribution in [0.5, 0.6) is 0 Å². The van der Waals surface area contributed by atoms with Gasteiger partial charge in [-0.2, -0.15) is 5.26 Å². The highest BCUT2D eigenvalue weighted by atomic mass is 32.2. The predicted molar refractivity (Wildman–Crippen MR) is 72.8 cm³/mol. The zero-order chi connectivity index (χ0) is 13.9. The lowest BCUT2D eigenvalue weighted by molar-refractivity contribution is 0.587. The Balaban J connectivity index is 2.40. The Morgan fingerprint density at radius 3 is 2.53 bits per heavy atom. The van der Waals surface area contributed by atoms with Crippen LogP contribution in [0, 0.1) is 18.3 Å². The lowest BCUT2D eigenvalue weighted by Crippen LogP contribution is -2.10. The zero-order valence-corrected chi connectivity index (χ0v) is 11.1. The number of benzene rings is 1. The standard InChI is InChI=1S/C14H12N2O2S/c1-12-4-6-14(7-5-12)19(17,18)16-10-8-13(11-16)3-2-9-15/h2-8,10-11H,1H3/b3-2+. The van der Waals surface area contributed by atoms with E-state index in [1.807, 2.05) is 13.0 Å². The third-order valence-corrected chi connectivity index (χ3v) is 4.29. The molecule has 0 radical (unpaired) electrons. The molecule has 1 aromatic carbocycles. The van der Waals surface area contributed by atoms with Gasteiger partial charge in [-0.3, -0.25) is 0 Å². The minimum atomic E-state index is -3.56. The SMILES string of the molecule is Cc1ccc(S(=O)(=O)n2ccc(/C=C/C#N)c2)cc1. The van der Waals surface area contributed by atoms with Gasteiger partial charge in [0, 0.05) is 18.5 Å². The van der Waals surface area contributed by atoms with E-state index in [4.69, 9.17) is 5.26 Å². The number of nitriles is 1.